The SMILES string of the molecule is Cc1cc(Br)ccc1-c1nc(-c2ccc3c(c2)CC(=O)N3)cs1. The topological polar surface area (TPSA) is 42.0 Å². The van der Waals surface area contributed by atoms with Crippen LogP contribution in [0, 0.1) is 6.92 Å². The number of anilines is 1. The van der Waals surface area contributed by atoms with Crippen LogP contribution in [-0.2, 0) is 11.2 Å². The van der Waals surface area contributed by atoms with E-state index >= 15 is 0 Å². The fourth-order valence-corrected chi connectivity index (χ4v) is 4.18. The number of hydrogen-bond donors (Lipinski definition) is 1. The minimum absolute atomic E-state index is 0.0570. The van der Waals surface area contributed by atoms with Crippen LogP contribution in [0.1, 0.15) is 11.1 Å². The number of aryl methyl sites for hydroxylation is 1. The van der Waals surface area contributed by atoms with Gasteiger partial charge in [-0.15, -0.1) is 11.3 Å². The van der Waals surface area contributed by atoms with E-state index in [2.05, 4.69) is 51.7 Å². The third kappa shape index (κ3) is 2.71. The van der Waals surface area contributed by atoms with Gasteiger partial charge in [-0.1, -0.05) is 28.1 Å². The molecule has 4 rings (SSSR count). The quantitative estimate of drug-likeness (QED) is 0.671. The third-order valence-electron chi connectivity index (χ3n) is 3.95. The molecule has 1 aromatic heterocycles. The minimum atomic E-state index is 0.0570. The molecule has 114 valence electrons. The lowest BCUT2D eigenvalue weighted by Crippen LogP contribution is -2.03. The molecule has 0 atom stereocenters. The van der Waals surface area contributed by atoms with Crippen LogP contribution in [0.3, 0.4) is 0 Å². The first kappa shape index (κ1) is 14.6. The number of fused-ring (bicyclic) bond motifs is 1. The molecule has 1 amide bonds. The van der Waals surface area contributed by atoms with E-state index in [0.717, 1.165) is 37.6 Å². The molecule has 0 aliphatic carbocycles. The van der Waals surface area contributed by atoms with Crippen LogP contribution in [0.2, 0.25) is 0 Å². The summed E-state index contributed by atoms with van der Waals surface area (Å²) in [4.78, 5) is 16.3. The van der Waals surface area contributed by atoms with Crippen molar-refractivity contribution in [3.05, 3.63) is 57.4 Å². The Labute approximate surface area is 146 Å². The van der Waals surface area contributed by atoms with Crippen molar-refractivity contribution >= 4 is 38.9 Å². The zero-order chi connectivity index (χ0) is 16.0. The summed E-state index contributed by atoms with van der Waals surface area (Å²) in [7, 11) is 0. The highest BCUT2D eigenvalue weighted by Gasteiger charge is 2.18. The van der Waals surface area contributed by atoms with Crippen molar-refractivity contribution < 1.29 is 4.79 Å². The number of rotatable bonds is 2. The van der Waals surface area contributed by atoms with E-state index in [1.807, 2.05) is 18.2 Å². The average Bonchev–Trinajstić information content (AvgIpc) is 3.11. The first-order chi connectivity index (χ1) is 11.1. The summed E-state index contributed by atoms with van der Waals surface area (Å²) in [6.07, 6.45) is 0.450. The van der Waals surface area contributed by atoms with Gasteiger partial charge in [0.25, 0.3) is 0 Å². The van der Waals surface area contributed by atoms with Crippen molar-refractivity contribution in [1.29, 1.82) is 0 Å². The molecule has 3 nitrogen and oxygen atoms in total. The van der Waals surface area contributed by atoms with E-state index < -0.39 is 0 Å². The van der Waals surface area contributed by atoms with Gasteiger partial charge in [0.1, 0.15) is 5.01 Å². The number of thiazole rings is 1. The Balaban J connectivity index is 1.71. The van der Waals surface area contributed by atoms with Crippen LogP contribution >= 0.6 is 27.3 Å². The van der Waals surface area contributed by atoms with Crippen molar-refractivity contribution in [3.63, 3.8) is 0 Å². The molecule has 0 saturated heterocycles. The summed E-state index contributed by atoms with van der Waals surface area (Å²) < 4.78 is 1.08. The second kappa shape index (κ2) is 5.58. The van der Waals surface area contributed by atoms with E-state index in [-0.39, 0.29) is 5.91 Å². The van der Waals surface area contributed by atoms with E-state index in [0.29, 0.717) is 6.42 Å². The summed E-state index contributed by atoms with van der Waals surface area (Å²) >= 11 is 5.14. The van der Waals surface area contributed by atoms with Crippen LogP contribution in [-0.4, -0.2) is 10.9 Å². The van der Waals surface area contributed by atoms with E-state index in [1.165, 1.54) is 5.56 Å². The second-order valence-corrected chi connectivity index (χ2v) is 7.37. The summed E-state index contributed by atoms with van der Waals surface area (Å²) in [5, 5.41) is 5.94. The Morgan fingerprint density at radius 2 is 2.09 bits per heavy atom. The van der Waals surface area contributed by atoms with Gasteiger partial charge in [0.15, 0.2) is 0 Å². The Kier molecular flexibility index (Phi) is 3.54. The standard InChI is InChI=1S/C18H13BrN2OS/c1-10-6-13(19)3-4-14(10)18-21-16(9-23-18)11-2-5-15-12(7-11)8-17(22)20-15/h2-7,9H,8H2,1H3,(H,20,22). The third-order valence-corrected chi connectivity index (χ3v) is 5.32. The van der Waals surface area contributed by atoms with E-state index in [1.54, 1.807) is 11.3 Å². The number of carbonyl (C=O) groups is 1. The molecular formula is C18H13BrN2OS. The highest BCUT2D eigenvalue weighted by atomic mass is 79.9. The highest BCUT2D eigenvalue weighted by Crippen LogP contribution is 2.34. The van der Waals surface area contributed by atoms with Gasteiger partial charge in [-0.25, -0.2) is 4.98 Å². The Morgan fingerprint density at radius 1 is 1.22 bits per heavy atom. The molecule has 2 heterocycles. The van der Waals surface area contributed by atoms with Crippen LogP contribution in [0.5, 0.6) is 0 Å². The molecule has 1 aliphatic rings. The van der Waals surface area contributed by atoms with Crippen molar-refractivity contribution in [2.45, 2.75) is 13.3 Å². The minimum Gasteiger partial charge on any atom is -0.326 e. The van der Waals surface area contributed by atoms with Crippen LogP contribution in [0.4, 0.5) is 5.69 Å². The second-order valence-electron chi connectivity index (χ2n) is 5.59. The fraction of sp³-hybridized carbons (Fsp3) is 0.111. The molecule has 1 N–H and O–H groups in total. The van der Waals surface area contributed by atoms with Gasteiger partial charge < -0.3 is 5.32 Å². The molecule has 0 bridgehead atoms. The predicted octanol–water partition coefficient (Wildman–Crippen LogP) is 5.04. The van der Waals surface area contributed by atoms with Crippen LogP contribution in [0.15, 0.2) is 46.3 Å². The summed E-state index contributed by atoms with van der Waals surface area (Å²) in [5.74, 6) is 0.0570. The van der Waals surface area contributed by atoms with E-state index in [9.17, 15) is 4.79 Å². The molecule has 0 fully saturated rings. The number of carbonyl (C=O) groups excluding carboxylic acids is 1. The highest BCUT2D eigenvalue weighted by molar-refractivity contribution is 9.10. The molecule has 1 aliphatic heterocycles. The molecule has 0 saturated carbocycles. The molecule has 5 heteroatoms. The molecule has 2 aromatic carbocycles. The van der Waals surface area contributed by atoms with Gasteiger partial charge in [-0.2, -0.15) is 0 Å². The lowest BCUT2D eigenvalue weighted by atomic mass is 10.1. The lowest BCUT2D eigenvalue weighted by molar-refractivity contribution is -0.115. The normalized spacial score (nSPS) is 13.0. The largest absolute Gasteiger partial charge is 0.326 e. The Bertz CT molecular complexity index is 933. The van der Waals surface area contributed by atoms with Gasteiger partial charge in [-0.05, 0) is 42.3 Å². The zero-order valence-corrected chi connectivity index (χ0v) is 14.8. The summed E-state index contributed by atoms with van der Waals surface area (Å²) in [5.41, 5.74) is 6.32. The number of benzene rings is 2. The maximum Gasteiger partial charge on any atom is 0.228 e. The summed E-state index contributed by atoms with van der Waals surface area (Å²) in [6, 6.07) is 12.3. The lowest BCUT2D eigenvalue weighted by Gasteiger charge is -2.03. The molecule has 23 heavy (non-hydrogen) atoms. The smallest absolute Gasteiger partial charge is 0.228 e. The van der Waals surface area contributed by atoms with Crippen molar-refractivity contribution in [1.82, 2.24) is 4.98 Å². The Hall–Kier alpha value is -1.98. The van der Waals surface area contributed by atoms with Crippen molar-refractivity contribution in [2.24, 2.45) is 0 Å². The maximum absolute atomic E-state index is 11.5. The number of nitrogens with zero attached hydrogens (tertiary/aromatic N) is 1. The fourth-order valence-electron chi connectivity index (χ4n) is 2.79. The molecule has 0 radical (unpaired) electrons. The van der Waals surface area contributed by atoms with Crippen molar-refractivity contribution in [3.8, 4) is 21.8 Å². The molecule has 3 aromatic rings. The number of hydrogen-bond acceptors (Lipinski definition) is 3. The van der Waals surface area contributed by atoms with Crippen LogP contribution < -0.4 is 5.32 Å². The average molecular weight is 385 g/mol. The van der Waals surface area contributed by atoms with E-state index in [4.69, 9.17) is 4.98 Å². The monoisotopic (exact) mass is 384 g/mol. The van der Waals surface area contributed by atoms with Gasteiger partial charge >= 0.3 is 0 Å². The van der Waals surface area contributed by atoms with Gasteiger partial charge in [-0.3, -0.25) is 4.79 Å². The zero-order valence-electron chi connectivity index (χ0n) is 12.4. The van der Waals surface area contributed by atoms with Gasteiger partial charge in [0.2, 0.25) is 5.91 Å². The Morgan fingerprint density at radius 3 is 2.91 bits per heavy atom. The van der Waals surface area contributed by atoms with Crippen molar-refractivity contribution in [2.75, 3.05) is 5.32 Å². The van der Waals surface area contributed by atoms with Gasteiger partial charge in [0, 0.05) is 26.7 Å². The van der Waals surface area contributed by atoms with Crippen LogP contribution in [0.25, 0.3) is 21.8 Å². The first-order valence-electron chi connectivity index (χ1n) is 7.25. The molecular weight excluding hydrogens is 372 g/mol. The number of halogens is 1. The number of amides is 1. The molecule has 0 spiro atoms. The van der Waals surface area contributed by atoms with Gasteiger partial charge in [0.05, 0.1) is 12.1 Å². The predicted molar refractivity (Wildman–Crippen MR) is 97.8 cm³/mol. The first-order valence-corrected chi connectivity index (χ1v) is 8.92. The summed E-state index contributed by atoms with van der Waals surface area (Å²) in [6.45, 7) is 2.09. The molecule has 0 unspecified atom stereocenters. The number of nitrogens with one attached hydrogen (secondary N) is 1. The maximum atomic E-state index is 11.5. The number of aromatic nitrogens is 1.